The molecule has 1 heterocycles. The summed E-state index contributed by atoms with van der Waals surface area (Å²) in [6.45, 7) is 2.40. The number of likely N-dealkylation sites (tertiary alicyclic amines) is 1. The molecule has 0 aromatic heterocycles. The largest absolute Gasteiger partial charge is 0.376 e. The molecule has 2 fully saturated rings. The molecular formula is C21H23NO2. The molecule has 0 N–H and O–H groups in total. The molecule has 1 aliphatic heterocycles. The van der Waals surface area contributed by atoms with Gasteiger partial charge < -0.3 is 9.64 Å². The number of hydrogen-bond donors (Lipinski definition) is 0. The zero-order chi connectivity index (χ0) is 16.4. The summed E-state index contributed by atoms with van der Waals surface area (Å²) in [5.74, 6) is 0.896. The molecule has 3 nitrogen and oxygen atoms in total. The van der Waals surface area contributed by atoms with Crippen LogP contribution in [0.1, 0.15) is 29.6 Å². The molecule has 1 atom stereocenters. The maximum absolute atomic E-state index is 12.7. The molecule has 1 saturated carbocycles. The van der Waals surface area contributed by atoms with E-state index in [2.05, 4.69) is 12.1 Å². The highest BCUT2D eigenvalue weighted by Crippen LogP contribution is 2.30. The smallest absolute Gasteiger partial charge is 0.253 e. The van der Waals surface area contributed by atoms with Crippen LogP contribution in [0, 0.1) is 5.92 Å². The number of carbonyl (C=O) groups excluding carboxylic acids is 1. The monoisotopic (exact) mass is 321 g/mol. The zero-order valence-electron chi connectivity index (χ0n) is 13.9. The SMILES string of the molecule is O=C(c1ccc(-c2ccccc2)cc1)N1CCC(OCC2CC2)C1. The Morgan fingerprint density at radius 3 is 2.38 bits per heavy atom. The average molecular weight is 321 g/mol. The Hall–Kier alpha value is -2.13. The summed E-state index contributed by atoms with van der Waals surface area (Å²) in [7, 11) is 0. The van der Waals surface area contributed by atoms with Gasteiger partial charge in [-0.15, -0.1) is 0 Å². The van der Waals surface area contributed by atoms with Crippen LogP contribution in [0.5, 0.6) is 0 Å². The van der Waals surface area contributed by atoms with Crippen LogP contribution in [0.2, 0.25) is 0 Å². The zero-order valence-corrected chi connectivity index (χ0v) is 13.9. The van der Waals surface area contributed by atoms with E-state index in [4.69, 9.17) is 4.74 Å². The number of rotatable bonds is 5. The molecular weight excluding hydrogens is 298 g/mol. The van der Waals surface area contributed by atoms with E-state index in [9.17, 15) is 4.79 Å². The van der Waals surface area contributed by atoms with Crippen LogP contribution >= 0.6 is 0 Å². The van der Waals surface area contributed by atoms with Crippen LogP contribution in [0.25, 0.3) is 11.1 Å². The predicted octanol–water partition coefficient (Wildman–Crippen LogP) is 3.99. The van der Waals surface area contributed by atoms with Crippen molar-refractivity contribution in [1.82, 2.24) is 4.90 Å². The van der Waals surface area contributed by atoms with Crippen molar-refractivity contribution in [3.05, 3.63) is 60.2 Å². The van der Waals surface area contributed by atoms with Gasteiger partial charge in [0.2, 0.25) is 0 Å². The quantitative estimate of drug-likeness (QED) is 0.833. The molecule has 2 aliphatic rings. The third-order valence-corrected chi connectivity index (χ3v) is 4.94. The second kappa shape index (κ2) is 6.78. The number of benzene rings is 2. The minimum atomic E-state index is 0.118. The maximum Gasteiger partial charge on any atom is 0.253 e. The first-order chi connectivity index (χ1) is 11.8. The number of hydrogen-bond acceptors (Lipinski definition) is 2. The summed E-state index contributed by atoms with van der Waals surface area (Å²) < 4.78 is 5.93. The Labute approximate surface area is 143 Å². The second-order valence-corrected chi connectivity index (χ2v) is 6.88. The normalized spacial score (nSPS) is 20.3. The molecule has 4 rings (SSSR count). The fourth-order valence-electron chi connectivity index (χ4n) is 3.22. The molecule has 1 saturated heterocycles. The van der Waals surface area contributed by atoms with Crippen molar-refractivity contribution in [1.29, 1.82) is 0 Å². The Bertz CT molecular complexity index is 692. The summed E-state index contributed by atoms with van der Waals surface area (Å²) in [5, 5.41) is 0. The van der Waals surface area contributed by atoms with Crippen molar-refractivity contribution in [2.45, 2.75) is 25.4 Å². The van der Waals surface area contributed by atoms with E-state index in [1.165, 1.54) is 18.4 Å². The lowest BCUT2D eigenvalue weighted by Gasteiger charge is -2.17. The van der Waals surface area contributed by atoms with E-state index in [0.29, 0.717) is 0 Å². The molecule has 0 spiro atoms. The van der Waals surface area contributed by atoms with E-state index in [-0.39, 0.29) is 12.0 Å². The predicted molar refractivity (Wildman–Crippen MR) is 94.9 cm³/mol. The molecule has 24 heavy (non-hydrogen) atoms. The van der Waals surface area contributed by atoms with E-state index in [1.807, 2.05) is 47.4 Å². The summed E-state index contributed by atoms with van der Waals surface area (Å²) in [6.07, 6.45) is 3.80. The third-order valence-electron chi connectivity index (χ3n) is 4.94. The van der Waals surface area contributed by atoms with Crippen molar-refractivity contribution >= 4 is 5.91 Å². The standard InChI is InChI=1S/C21H23NO2/c23-21(22-13-12-20(14-22)24-15-16-6-7-16)19-10-8-18(9-11-19)17-4-2-1-3-5-17/h1-5,8-11,16,20H,6-7,12-15H2. The first-order valence-electron chi connectivity index (χ1n) is 8.86. The highest BCUT2D eigenvalue weighted by Gasteiger charge is 2.29. The maximum atomic E-state index is 12.7. The molecule has 3 heteroatoms. The Balaban J connectivity index is 1.37. The molecule has 2 aromatic rings. The molecule has 1 aliphatic carbocycles. The Kier molecular flexibility index (Phi) is 4.35. The van der Waals surface area contributed by atoms with Gasteiger partial charge in [0.1, 0.15) is 0 Å². The topological polar surface area (TPSA) is 29.5 Å². The van der Waals surface area contributed by atoms with Crippen molar-refractivity contribution in [3.63, 3.8) is 0 Å². The fourth-order valence-corrected chi connectivity index (χ4v) is 3.22. The van der Waals surface area contributed by atoms with Crippen LogP contribution in [0.15, 0.2) is 54.6 Å². The van der Waals surface area contributed by atoms with Crippen LogP contribution in [-0.2, 0) is 4.74 Å². The van der Waals surface area contributed by atoms with E-state index >= 15 is 0 Å². The third kappa shape index (κ3) is 3.51. The van der Waals surface area contributed by atoms with Gasteiger partial charge in [0.25, 0.3) is 5.91 Å². The molecule has 124 valence electrons. The van der Waals surface area contributed by atoms with E-state index in [1.54, 1.807) is 0 Å². The van der Waals surface area contributed by atoms with Gasteiger partial charge >= 0.3 is 0 Å². The van der Waals surface area contributed by atoms with Crippen LogP contribution in [0.4, 0.5) is 0 Å². The fraction of sp³-hybridized carbons (Fsp3) is 0.381. The van der Waals surface area contributed by atoms with Crippen molar-refractivity contribution in [3.8, 4) is 11.1 Å². The van der Waals surface area contributed by atoms with Gasteiger partial charge in [0.05, 0.1) is 6.10 Å². The molecule has 1 amide bonds. The minimum Gasteiger partial charge on any atom is -0.376 e. The molecule has 0 radical (unpaired) electrons. The molecule has 0 bridgehead atoms. The lowest BCUT2D eigenvalue weighted by Crippen LogP contribution is -2.30. The molecule has 2 aromatic carbocycles. The van der Waals surface area contributed by atoms with Crippen LogP contribution in [-0.4, -0.2) is 36.6 Å². The van der Waals surface area contributed by atoms with E-state index in [0.717, 1.165) is 43.2 Å². The van der Waals surface area contributed by atoms with Crippen LogP contribution < -0.4 is 0 Å². The number of carbonyl (C=O) groups is 1. The van der Waals surface area contributed by atoms with Gasteiger partial charge in [0.15, 0.2) is 0 Å². The van der Waals surface area contributed by atoms with Crippen molar-refractivity contribution in [2.75, 3.05) is 19.7 Å². The first-order valence-corrected chi connectivity index (χ1v) is 8.86. The lowest BCUT2D eigenvalue weighted by molar-refractivity contribution is 0.0480. The Morgan fingerprint density at radius 2 is 1.67 bits per heavy atom. The minimum absolute atomic E-state index is 0.118. The van der Waals surface area contributed by atoms with Gasteiger partial charge in [-0.1, -0.05) is 42.5 Å². The highest BCUT2D eigenvalue weighted by molar-refractivity contribution is 5.95. The first kappa shape index (κ1) is 15.4. The summed E-state index contributed by atoms with van der Waals surface area (Å²) in [5.41, 5.74) is 3.07. The summed E-state index contributed by atoms with van der Waals surface area (Å²) in [6, 6.07) is 18.2. The number of amides is 1. The number of ether oxygens (including phenoxy) is 1. The highest BCUT2D eigenvalue weighted by atomic mass is 16.5. The molecule has 1 unspecified atom stereocenters. The van der Waals surface area contributed by atoms with Gasteiger partial charge in [-0.3, -0.25) is 4.79 Å². The van der Waals surface area contributed by atoms with Crippen molar-refractivity contribution in [2.24, 2.45) is 5.92 Å². The Morgan fingerprint density at radius 1 is 0.958 bits per heavy atom. The van der Waals surface area contributed by atoms with Gasteiger partial charge in [-0.05, 0) is 48.4 Å². The van der Waals surface area contributed by atoms with Gasteiger partial charge in [-0.2, -0.15) is 0 Å². The second-order valence-electron chi connectivity index (χ2n) is 6.88. The number of nitrogens with zero attached hydrogens (tertiary/aromatic N) is 1. The van der Waals surface area contributed by atoms with Crippen LogP contribution in [0.3, 0.4) is 0 Å². The van der Waals surface area contributed by atoms with Gasteiger partial charge in [-0.25, -0.2) is 0 Å². The van der Waals surface area contributed by atoms with Crippen molar-refractivity contribution < 1.29 is 9.53 Å². The average Bonchev–Trinajstić information content (AvgIpc) is 3.36. The summed E-state index contributed by atoms with van der Waals surface area (Å²) in [4.78, 5) is 14.6. The van der Waals surface area contributed by atoms with E-state index < -0.39 is 0 Å². The summed E-state index contributed by atoms with van der Waals surface area (Å²) >= 11 is 0. The van der Waals surface area contributed by atoms with Gasteiger partial charge in [0, 0.05) is 25.3 Å². The lowest BCUT2D eigenvalue weighted by atomic mass is 10.0.